The van der Waals surface area contributed by atoms with E-state index in [0.29, 0.717) is 10.5 Å². The molecule has 0 saturated carbocycles. The molecule has 3 aromatic rings. The van der Waals surface area contributed by atoms with Gasteiger partial charge in [-0.05, 0) is 36.4 Å². The molecule has 4 nitrogen and oxygen atoms in total. The first-order valence-corrected chi connectivity index (χ1v) is 7.18. The van der Waals surface area contributed by atoms with Crippen molar-refractivity contribution < 1.29 is 4.74 Å². The Labute approximate surface area is 120 Å². The van der Waals surface area contributed by atoms with Crippen molar-refractivity contribution in [1.29, 1.82) is 0 Å². The maximum atomic E-state index is 11.9. The van der Waals surface area contributed by atoms with Crippen LogP contribution in [0, 0.1) is 13.8 Å². The van der Waals surface area contributed by atoms with Crippen molar-refractivity contribution in [3.8, 4) is 5.75 Å². The van der Waals surface area contributed by atoms with Gasteiger partial charge in [-0.2, -0.15) is 0 Å². The average Bonchev–Trinajstić information content (AvgIpc) is 2.87. The number of aryl methyl sites for hydroxylation is 2. The van der Waals surface area contributed by atoms with E-state index in [2.05, 4.69) is 9.97 Å². The van der Waals surface area contributed by atoms with Gasteiger partial charge in [-0.25, -0.2) is 4.98 Å². The zero-order valence-corrected chi connectivity index (χ0v) is 12.1. The Morgan fingerprint density at radius 2 is 2.00 bits per heavy atom. The van der Waals surface area contributed by atoms with Gasteiger partial charge in [-0.1, -0.05) is 18.2 Å². The third-order valence-electron chi connectivity index (χ3n) is 3.13. The predicted molar refractivity (Wildman–Crippen MR) is 80.5 cm³/mol. The van der Waals surface area contributed by atoms with Crippen LogP contribution in [-0.4, -0.2) is 9.97 Å². The SMILES string of the molecule is Cc1cccc(C)c1OCc1nc2ccsc2c(=O)[nH]1. The molecule has 0 amide bonds. The van der Waals surface area contributed by atoms with Gasteiger partial charge in [-0.3, -0.25) is 4.79 Å². The summed E-state index contributed by atoms with van der Waals surface area (Å²) in [6.45, 7) is 4.26. The predicted octanol–water partition coefficient (Wildman–Crippen LogP) is 3.18. The van der Waals surface area contributed by atoms with Crippen LogP contribution in [0.4, 0.5) is 0 Å². The lowest BCUT2D eigenvalue weighted by molar-refractivity contribution is 0.292. The van der Waals surface area contributed by atoms with Crippen molar-refractivity contribution in [2.75, 3.05) is 0 Å². The van der Waals surface area contributed by atoms with E-state index in [1.165, 1.54) is 11.3 Å². The fraction of sp³-hybridized carbons (Fsp3) is 0.200. The zero-order valence-electron chi connectivity index (χ0n) is 11.3. The van der Waals surface area contributed by atoms with Crippen LogP contribution in [-0.2, 0) is 6.61 Å². The first-order chi connectivity index (χ1) is 9.65. The van der Waals surface area contributed by atoms with Crippen molar-refractivity contribution in [2.24, 2.45) is 0 Å². The van der Waals surface area contributed by atoms with Crippen LogP contribution < -0.4 is 10.3 Å². The van der Waals surface area contributed by atoms with Crippen LogP contribution in [0.1, 0.15) is 17.0 Å². The van der Waals surface area contributed by atoms with Crippen molar-refractivity contribution >= 4 is 21.6 Å². The van der Waals surface area contributed by atoms with Crippen LogP contribution in [0.25, 0.3) is 10.2 Å². The molecular weight excluding hydrogens is 272 g/mol. The Morgan fingerprint density at radius 1 is 1.25 bits per heavy atom. The number of para-hydroxylation sites is 1. The minimum atomic E-state index is -0.106. The number of H-pyrrole nitrogens is 1. The second-order valence-corrected chi connectivity index (χ2v) is 5.57. The summed E-state index contributed by atoms with van der Waals surface area (Å²) in [6.07, 6.45) is 0. The molecular formula is C15H14N2O2S. The molecule has 0 unspecified atom stereocenters. The van der Waals surface area contributed by atoms with E-state index < -0.39 is 0 Å². The summed E-state index contributed by atoms with van der Waals surface area (Å²) in [4.78, 5) is 19.0. The lowest BCUT2D eigenvalue weighted by Crippen LogP contribution is -2.12. The molecule has 0 aliphatic carbocycles. The van der Waals surface area contributed by atoms with E-state index >= 15 is 0 Å². The number of thiophene rings is 1. The van der Waals surface area contributed by atoms with E-state index in [1.807, 2.05) is 43.5 Å². The van der Waals surface area contributed by atoms with Crippen LogP contribution >= 0.6 is 11.3 Å². The monoisotopic (exact) mass is 286 g/mol. The number of hydrogen-bond donors (Lipinski definition) is 1. The van der Waals surface area contributed by atoms with Gasteiger partial charge < -0.3 is 9.72 Å². The Morgan fingerprint density at radius 3 is 2.75 bits per heavy atom. The lowest BCUT2D eigenvalue weighted by atomic mass is 10.1. The summed E-state index contributed by atoms with van der Waals surface area (Å²) in [5, 5.41) is 1.86. The lowest BCUT2D eigenvalue weighted by Gasteiger charge is -2.11. The summed E-state index contributed by atoms with van der Waals surface area (Å²) in [5.41, 5.74) is 2.76. The van der Waals surface area contributed by atoms with Crippen LogP contribution in [0.2, 0.25) is 0 Å². The minimum absolute atomic E-state index is 0.106. The molecule has 0 atom stereocenters. The van der Waals surface area contributed by atoms with E-state index in [4.69, 9.17) is 4.74 Å². The maximum Gasteiger partial charge on any atom is 0.268 e. The largest absolute Gasteiger partial charge is 0.485 e. The third kappa shape index (κ3) is 2.32. The number of nitrogens with one attached hydrogen (secondary N) is 1. The molecule has 20 heavy (non-hydrogen) atoms. The van der Waals surface area contributed by atoms with Gasteiger partial charge in [-0.15, -0.1) is 11.3 Å². The first kappa shape index (κ1) is 12.9. The van der Waals surface area contributed by atoms with Gasteiger partial charge in [0.25, 0.3) is 5.56 Å². The molecule has 0 fully saturated rings. The topological polar surface area (TPSA) is 55.0 Å². The zero-order chi connectivity index (χ0) is 14.1. The van der Waals surface area contributed by atoms with Gasteiger partial charge in [0.1, 0.15) is 22.9 Å². The Balaban J connectivity index is 1.88. The third-order valence-corrected chi connectivity index (χ3v) is 4.03. The number of aromatic nitrogens is 2. The standard InChI is InChI=1S/C15H14N2O2S/c1-9-4-3-5-10(2)13(9)19-8-12-16-11-6-7-20-14(11)15(18)17-12/h3-7H,8H2,1-2H3,(H,16,17,18). The molecule has 0 radical (unpaired) electrons. The number of hydrogen-bond acceptors (Lipinski definition) is 4. The van der Waals surface area contributed by atoms with E-state index in [9.17, 15) is 4.79 Å². The number of nitrogens with zero attached hydrogens (tertiary/aromatic N) is 1. The smallest absolute Gasteiger partial charge is 0.268 e. The Bertz CT molecular complexity index is 800. The molecule has 2 aromatic heterocycles. The molecule has 3 rings (SSSR count). The second-order valence-electron chi connectivity index (χ2n) is 4.66. The van der Waals surface area contributed by atoms with Gasteiger partial charge >= 0.3 is 0 Å². The number of ether oxygens (including phenoxy) is 1. The highest BCUT2D eigenvalue weighted by atomic mass is 32.1. The Hall–Kier alpha value is -2.14. The summed E-state index contributed by atoms with van der Waals surface area (Å²) in [7, 11) is 0. The highest BCUT2D eigenvalue weighted by molar-refractivity contribution is 7.17. The van der Waals surface area contributed by atoms with E-state index in [-0.39, 0.29) is 12.2 Å². The Kier molecular flexibility index (Phi) is 3.28. The van der Waals surface area contributed by atoms with Crippen molar-refractivity contribution in [3.63, 3.8) is 0 Å². The fourth-order valence-electron chi connectivity index (χ4n) is 2.16. The highest BCUT2D eigenvalue weighted by Crippen LogP contribution is 2.23. The van der Waals surface area contributed by atoms with Crippen molar-refractivity contribution in [1.82, 2.24) is 9.97 Å². The molecule has 0 aliphatic rings. The number of rotatable bonds is 3. The second kappa shape index (κ2) is 5.09. The molecule has 1 aromatic carbocycles. The molecule has 0 spiro atoms. The summed E-state index contributed by atoms with van der Waals surface area (Å²) in [5.74, 6) is 1.39. The highest BCUT2D eigenvalue weighted by Gasteiger charge is 2.07. The van der Waals surface area contributed by atoms with E-state index in [0.717, 1.165) is 22.4 Å². The quantitative estimate of drug-likeness (QED) is 0.804. The van der Waals surface area contributed by atoms with Gasteiger partial charge in [0.2, 0.25) is 0 Å². The molecule has 0 aliphatic heterocycles. The van der Waals surface area contributed by atoms with Crippen molar-refractivity contribution in [2.45, 2.75) is 20.5 Å². The van der Waals surface area contributed by atoms with Crippen molar-refractivity contribution in [3.05, 3.63) is 57.0 Å². The normalized spacial score (nSPS) is 10.9. The van der Waals surface area contributed by atoms with Crippen LogP contribution in [0.15, 0.2) is 34.4 Å². The first-order valence-electron chi connectivity index (χ1n) is 6.30. The van der Waals surface area contributed by atoms with E-state index in [1.54, 1.807) is 0 Å². The molecule has 102 valence electrons. The van der Waals surface area contributed by atoms with Gasteiger partial charge in [0, 0.05) is 0 Å². The number of benzene rings is 1. The summed E-state index contributed by atoms with van der Waals surface area (Å²) >= 11 is 1.39. The average molecular weight is 286 g/mol. The molecule has 2 heterocycles. The summed E-state index contributed by atoms with van der Waals surface area (Å²) < 4.78 is 6.46. The molecule has 5 heteroatoms. The minimum Gasteiger partial charge on any atom is -0.485 e. The van der Waals surface area contributed by atoms with Gasteiger partial charge in [0.15, 0.2) is 0 Å². The molecule has 0 bridgehead atoms. The number of aromatic amines is 1. The molecule has 0 saturated heterocycles. The van der Waals surface area contributed by atoms with Gasteiger partial charge in [0.05, 0.1) is 5.52 Å². The fourth-order valence-corrected chi connectivity index (χ4v) is 2.88. The molecule has 1 N–H and O–H groups in total. The van der Waals surface area contributed by atoms with Crippen LogP contribution in [0.3, 0.4) is 0 Å². The maximum absolute atomic E-state index is 11.9. The number of fused-ring (bicyclic) bond motifs is 1. The van der Waals surface area contributed by atoms with Crippen LogP contribution in [0.5, 0.6) is 5.75 Å². The summed E-state index contributed by atoms with van der Waals surface area (Å²) in [6, 6.07) is 7.84.